The molecule has 0 radical (unpaired) electrons. The van der Waals surface area contributed by atoms with Gasteiger partial charge in [-0.2, -0.15) is 0 Å². The van der Waals surface area contributed by atoms with Gasteiger partial charge in [-0.25, -0.2) is 0 Å². The van der Waals surface area contributed by atoms with Crippen LogP contribution in [0.4, 0.5) is 5.69 Å². The fourth-order valence-corrected chi connectivity index (χ4v) is 2.12. The number of amides is 1. The Kier molecular flexibility index (Phi) is 4.10. The highest BCUT2D eigenvalue weighted by Gasteiger charge is 2.19. The van der Waals surface area contributed by atoms with E-state index in [-0.39, 0.29) is 10.9 Å². The van der Waals surface area contributed by atoms with Gasteiger partial charge < -0.3 is 10.6 Å². The van der Waals surface area contributed by atoms with Crippen LogP contribution in [0.5, 0.6) is 0 Å². The van der Waals surface area contributed by atoms with Gasteiger partial charge in [0.15, 0.2) is 0 Å². The minimum absolute atomic E-state index is 0.188. The van der Waals surface area contributed by atoms with Crippen molar-refractivity contribution < 1.29 is 4.79 Å². The molecular weight excluding hydrogens is 270 g/mol. The molecule has 1 heterocycles. The number of anilines is 1. The number of aromatic nitrogens is 1. The Morgan fingerprint density at radius 2 is 1.95 bits per heavy atom. The first-order chi connectivity index (χ1) is 9.52. The second-order valence-electron chi connectivity index (χ2n) is 4.41. The number of benzene rings is 1. The van der Waals surface area contributed by atoms with E-state index >= 15 is 0 Å². The molecule has 5 heteroatoms. The van der Waals surface area contributed by atoms with E-state index in [4.69, 9.17) is 18.0 Å². The molecule has 0 fully saturated rings. The second-order valence-corrected chi connectivity index (χ2v) is 4.85. The van der Waals surface area contributed by atoms with Gasteiger partial charge in [-0.3, -0.25) is 9.78 Å². The average Bonchev–Trinajstić information content (AvgIpc) is 2.46. The summed E-state index contributed by atoms with van der Waals surface area (Å²) in [5, 5.41) is 0. The zero-order valence-electron chi connectivity index (χ0n) is 11.3. The number of nitrogens with zero attached hydrogens (tertiary/aromatic N) is 2. The summed E-state index contributed by atoms with van der Waals surface area (Å²) in [5.74, 6) is -0.188. The van der Waals surface area contributed by atoms with Crippen LogP contribution >= 0.6 is 12.2 Å². The number of para-hydroxylation sites is 1. The van der Waals surface area contributed by atoms with Crippen LogP contribution in [0.3, 0.4) is 0 Å². The van der Waals surface area contributed by atoms with E-state index in [0.29, 0.717) is 16.9 Å². The normalized spacial score (nSPS) is 10.1. The molecule has 0 saturated heterocycles. The smallest absolute Gasteiger partial charge is 0.276 e. The molecule has 0 spiro atoms. The van der Waals surface area contributed by atoms with Crippen LogP contribution in [0.2, 0.25) is 0 Å². The van der Waals surface area contributed by atoms with E-state index in [2.05, 4.69) is 4.98 Å². The number of hydrogen-bond donors (Lipinski definition) is 1. The Labute approximate surface area is 123 Å². The Morgan fingerprint density at radius 1 is 1.25 bits per heavy atom. The van der Waals surface area contributed by atoms with Crippen molar-refractivity contribution in [2.24, 2.45) is 5.73 Å². The minimum atomic E-state index is -0.188. The molecular formula is C15H15N3OS. The Bertz CT molecular complexity index is 670. The molecule has 0 bridgehead atoms. The zero-order chi connectivity index (χ0) is 14.7. The summed E-state index contributed by atoms with van der Waals surface area (Å²) in [5.41, 5.74) is 8.30. The lowest BCUT2D eigenvalue weighted by Crippen LogP contribution is -2.30. The maximum absolute atomic E-state index is 12.5. The van der Waals surface area contributed by atoms with Gasteiger partial charge in [0.05, 0.1) is 5.69 Å². The van der Waals surface area contributed by atoms with E-state index in [1.165, 1.54) is 4.90 Å². The number of carbonyl (C=O) groups excluding carboxylic acids is 1. The number of pyridine rings is 1. The minimum Gasteiger partial charge on any atom is -0.389 e. The van der Waals surface area contributed by atoms with Crippen molar-refractivity contribution in [1.29, 1.82) is 0 Å². The van der Waals surface area contributed by atoms with Gasteiger partial charge in [0, 0.05) is 18.8 Å². The molecule has 4 nitrogen and oxygen atoms in total. The molecule has 1 aromatic heterocycles. The van der Waals surface area contributed by atoms with Crippen molar-refractivity contribution >= 4 is 28.8 Å². The van der Waals surface area contributed by atoms with Gasteiger partial charge in [-0.15, -0.1) is 0 Å². The second kappa shape index (κ2) is 5.79. The SMILES string of the molecule is Cc1cccnc1C(=O)N(C)c1ccccc1C(N)=S. The number of rotatable bonds is 3. The maximum atomic E-state index is 12.5. The first-order valence-electron chi connectivity index (χ1n) is 6.11. The Hall–Kier alpha value is -2.27. The van der Waals surface area contributed by atoms with Crippen LogP contribution < -0.4 is 10.6 Å². The number of carbonyl (C=O) groups is 1. The van der Waals surface area contributed by atoms with Crippen molar-refractivity contribution in [2.45, 2.75) is 6.92 Å². The third-order valence-corrected chi connectivity index (χ3v) is 3.27. The van der Waals surface area contributed by atoms with Gasteiger partial charge in [-0.05, 0) is 30.7 Å². The third kappa shape index (κ3) is 2.67. The summed E-state index contributed by atoms with van der Waals surface area (Å²) in [4.78, 5) is 18.4. The molecule has 0 aliphatic carbocycles. The molecule has 2 N–H and O–H groups in total. The van der Waals surface area contributed by atoms with Gasteiger partial charge >= 0.3 is 0 Å². The number of thiocarbonyl (C=S) groups is 1. The molecule has 0 aliphatic rings. The van der Waals surface area contributed by atoms with Crippen LogP contribution in [-0.2, 0) is 0 Å². The summed E-state index contributed by atoms with van der Waals surface area (Å²) in [7, 11) is 1.69. The van der Waals surface area contributed by atoms with E-state index in [1.54, 1.807) is 25.4 Å². The topological polar surface area (TPSA) is 59.2 Å². The summed E-state index contributed by atoms with van der Waals surface area (Å²) in [6, 6.07) is 10.9. The number of hydrogen-bond acceptors (Lipinski definition) is 3. The molecule has 1 aromatic carbocycles. The van der Waals surface area contributed by atoms with Crippen LogP contribution in [-0.4, -0.2) is 22.9 Å². The van der Waals surface area contributed by atoms with Crippen molar-refractivity contribution in [3.05, 3.63) is 59.4 Å². The Balaban J connectivity index is 2.42. The molecule has 0 atom stereocenters. The quantitative estimate of drug-likeness (QED) is 0.879. The lowest BCUT2D eigenvalue weighted by Gasteiger charge is -2.20. The van der Waals surface area contributed by atoms with Gasteiger partial charge in [0.25, 0.3) is 5.91 Å². The predicted octanol–water partition coefficient (Wildman–Crippen LogP) is 2.30. The molecule has 1 amide bonds. The molecule has 2 aromatic rings. The van der Waals surface area contributed by atoms with E-state index in [1.807, 2.05) is 31.2 Å². The van der Waals surface area contributed by atoms with Crippen molar-refractivity contribution in [1.82, 2.24) is 4.98 Å². The number of nitrogens with two attached hydrogens (primary N) is 1. The van der Waals surface area contributed by atoms with E-state index in [0.717, 1.165) is 5.56 Å². The molecule has 0 unspecified atom stereocenters. The fraction of sp³-hybridized carbons (Fsp3) is 0.133. The molecule has 102 valence electrons. The van der Waals surface area contributed by atoms with Crippen molar-refractivity contribution in [3.63, 3.8) is 0 Å². The fourth-order valence-electron chi connectivity index (χ4n) is 1.95. The first kappa shape index (κ1) is 14.1. The molecule has 20 heavy (non-hydrogen) atoms. The molecule has 0 saturated carbocycles. The van der Waals surface area contributed by atoms with Crippen LogP contribution in [0.1, 0.15) is 21.6 Å². The lowest BCUT2D eigenvalue weighted by atomic mass is 10.1. The summed E-state index contributed by atoms with van der Waals surface area (Å²) in [6.07, 6.45) is 1.60. The van der Waals surface area contributed by atoms with E-state index < -0.39 is 0 Å². The first-order valence-corrected chi connectivity index (χ1v) is 6.51. The summed E-state index contributed by atoms with van der Waals surface area (Å²) >= 11 is 5.02. The third-order valence-electron chi connectivity index (χ3n) is 3.05. The lowest BCUT2D eigenvalue weighted by molar-refractivity contribution is 0.0987. The zero-order valence-corrected chi connectivity index (χ0v) is 12.1. The summed E-state index contributed by atoms with van der Waals surface area (Å²) < 4.78 is 0. The highest BCUT2D eigenvalue weighted by Crippen LogP contribution is 2.21. The van der Waals surface area contributed by atoms with Crippen LogP contribution in [0.15, 0.2) is 42.6 Å². The highest BCUT2D eigenvalue weighted by atomic mass is 32.1. The number of aryl methyl sites for hydroxylation is 1. The molecule has 0 aliphatic heterocycles. The monoisotopic (exact) mass is 285 g/mol. The Morgan fingerprint density at radius 3 is 2.60 bits per heavy atom. The van der Waals surface area contributed by atoms with Gasteiger partial charge in [0.1, 0.15) is 10.7 Å². The van der Waals surface area contributed by atoms with Crippen molar-refractivity contribution in [3.8, 4) is 0 Å². The van der Waals surface area contributed by atoms with Crippen LogP contribution in [0.25, 0.3) is 0 Å². The van der Waals surface area contributed by atoms with Gasteiger partial charge in [-0.1, -0.05) is 30.4 Å². The maximum Gasteiger partial charge on any atom is 0.276 e. The largest absolute Gasteiger partial charge is 0.389 e. The molecule has 2 rings (SSSR count). The standard InChI is InChI=1S/C15H15N3OS/c1-10-6-5-9-17-13(10)15(19)18(2)12-8-4-3-7-11(12)14(16)20/h3-9H,1-2H3,(H2,16,20). The van der Waals surface area contributed by atoms with E-state index in [9.17, 15) is 4.79 Å². The highest BCUT2D eigenvalue weighted by molar-refractivity contribution is 7.80. The predicted molar refractivity (Wildman–Crippen MR) is 84.0 cm³/mol. The van der Waals surface area contributed by atoms with Crippen molar-refractivity contribution in [2.75, 3.05) is 11.9 Å². The average molecular weight is 285 g/mol. The summed E-state index contributed by atoms with van der Waals surface area (Å²) in [6.45, 7) is 1.85. The van der Waals surface area contributed by atoms with Crippen LogP contribution in [0, 0.1) is 6.92 Å². The van der Waals surface area contributed by atoms with Gasteiger partial charge in [0.2, 0.25) is 0 Å².